The summed E-state index contributed by atoms with van der Waals surface area (Å²) in [6.45, 7) is 6.84. The zero-order valence-corrected chi connectivity index (χ0v) is 20.7. The number of hydrogen-bond donors (Lipinski definition) is 0. The number of fused-ring (bicyclic) bond motifs is 5. The first-order valence-electron chi connectivity index (χ1n) is 12.5. The maximum atomic E-state index is 4.65. The van der Waals surface area contributed by atoms with E-state index in [1.165, 1.54) is 66.1 Å². The molecule has 1 aliphatic rings. The summed E-state index contributed by atoms with van der Waals surface area (Å²) in [6.07, 6.45) is 3.46. The van der Waals surface area contributed by atoms with Crippen LogP contribution in [0.3, 0.4) is 0 Å². The lowest BCUT2D eigenvalue weighted by Crippen LogP contribution is -2.14. The van der Waals surface area contributed by atoms with E-state index in [9.17, 15) is 0 Å². The summed E-state index contributed by atoms with van der Waals surface area (Å²) >= 11 is 0. The molecule has 0 spiro atoms. The predicted octanol–water partition coefficient (Wildman–Crippen LogP) is 8.73. The van der Waals surface area contributed by atoms with Gasteiger partial charge in [-0.1, -0.05) is 98.3 Å². The summed E-state index contributed by atoms with van der Waals surface area (Å²) in [4.78, 5) is 8.81. The fourth-order valence-electron chi connectivity index (χ4n) is 6.19. The van der Waals surface area contributed by atoms with Crippen molar-refractivity contribution in [2.24, 2.45) is 0 Å². The van der Waals surface area contributed by atoms with Crippen molar-refractivity contribution in [2.75, 3.05) is 0 Å². The van der Waals surface area contributed by atoms with Crippen LogP contribution in [-0.4, -0.2) is 9.97 Å². The molecule has 1 aliphatic carbocycles. The van der Waals surface area contributed by atoms with Crippen molar-refractivity contribution in [1.82, 2.24) is 9.97 Å². The van der Waals surface area contributed by atoms with Crippen LogP contribution in [0.4, 0.5) is 0 Å². The molecule has 0 radical (unpaired) electrons. The smallest absolute Gasteiger partial charge is 0.116 e. The fraction of sp³-hybridized carbons (Fsp3) is 0.118. The van der Waals surface area contributed by atoms with Crippen LogP contribution in [-0.2, 0) is 5.41 Å². The molecular weight excluding hydrogens is 436 g/mol. The molecule has 5 aromatic carbocycles. The highest BCUT2D eigenvalue weighted by Gasteiger charge is 2.35. The number of rotatable bonds is 2. The number of benzene rings is 5. The summed E-state index contributed by atoms with van der Waals surface area (Å²) in [5.41, 5.74) is 11.4. The van der Waals surface area contributed by atoms with Gasteiger partial charge in [-0.05, 0) is 74.0 Å². The van der Waals surface area contributed by atoms with Gasteiger partial charge in [-0.25, -0.2) is 9.97 Å². The first kappa shape index (κ1) is 21.0. The van der Waals surface area contributed by atoms with Crippen LogP contribution in [0.15, 0.2) is 104 Å². The lowest BCUT2D eigenvalue weighted by molar-refractivity contribution is 0.660. The molecule has 1 heterocycles. The molecule has 0 bridgehead atoms. The Morgan fingerprint density at radius 2 is 1.33 bits per heavy atom. The van der Waals surface area contributed by atoms with Gasteiger partial charge in [0.25, 0.3) is 0 Å². The van der Waals surface area contributed by atoms with Crippen molar-refractivity contribution >= 4 is 21.5 Å². The zero-order chi connectivity index (χ0) is 24.4. The Morgan fingerprint density at radius 1 is 0.611 bits per heavy atom. The Kier molecular flexibility index (Phi) is 4.44. The monoisotopic (exact) mass is 462 g/mol. The second-order valence-corrected chi connectivity index (χ2v) is 10.4. The molecule has 172 valence electrons. The molecule has 0 aliphatic heterocycles. The third kappa shape index (κ3) is 2.91. The summed E-state index contributed by atoms with van der Waals surface area (Å²) in [7, 11) is 0. The highest BCUT2D eigenvalue weighted by molar-refractivity contribution is 6.21. The van der Waals surface area contributed by atoms with E-state index >= 15 is 0 Å². The zero-order valence-electron chi connectivity index (χ0n) is 20.7. The molecule has 0 fully saturated rings. The molecule has 0 amide bonds. The van der Waals surface area contributed by atoms with Gasteiger partial charge in [-0.3, -0.25) is 0 Å². The van der Waals surface area contributed by atoms with Crippen LogP contribution in [0.1, 0.15) is 30.5 Å². The van der Waals surface area contributed by atoms with E-state index in [2.05, 4.69) is 116 Å². The molecule has 36 heavy (non-hydrogen) atoms. The first-order chi connectivity index (χ1) is 17.5. The second-order valence-electron chi connectivity index (χ2n) is 10.4. The average molecular weight is 463 g/mol. The fourth-order valence-corrected chi connectivity index (χ4v) is 6.19. The number of aryl methyl sites for hydroxylation is 1. The van der Waals surface area contributed by atoms with Crippen LogP contribution < -0.4 is 0 Å². The highest BCUT2D eigenvalue weighted by Crippen LogP contribution is 2.51. The van der Waals surface area contributed by atoms with Crippen molar-refractivity contribution in [1.29, 1.82) is 0 Å². The van der Waals surface area contributed by atoms with Gasteiger partial charge in [0.2, 0.25) is 0 Å². The van der Waals surface area contributed by atoms with Crippen LogP contribution >= 0.6 is 0 Å². The molecular formula is C34H26N2. The Balaban J connectivity index is 1.60. The lowest BCUT2D eigenvalue weighted by Gasteiger charge is -2.22. The lowest BCUT2D eigenvalue weighted by atomic mass is 9.81. The van der Waals surface area contributed by atoms with E-state index in [1.807, 2.05) is 12.3 Å². The second kappa shape index (κ2) is 7.60. The Hall–Kier alpha value is -4.30. The SMILES string of the molecule is Cc1ccc2c(-c3ccncn3)c3ccccc3c(-c3ccc4c(c3)-c3ccccc3C4(C)C)c2c1. The quantitative estimate of drug-likeness (QED) is 0.240. The number of nitrogens with zero attached hydrogens (tertiary/aromatic N) is 2. The standard InChI is InChI=1S/C34H26N2/c1-21-12-14-26-28(18-21)32(24-9-4-5-10-25(24)33(26)31-16-17-35-20-36-31)22-13-15-30-27(19-22)23-8-6-7-11-29(23)34(30,2)3/h4-20H,1-3H3. The normalized spacial score (nSPS) is 13.6. The van der Waals surface area contributed by atoms with E-state index in [0.29, 0.717) is 0 Å². The van der Waals surface area contributed by atoms with Crippen LogP contribution in [0.2, 0.25) is 0 Å². The summed E-state index contributed by atoms with van der Waals surface area (Å²) in [5, 5.41) is 4.93. The molecule has 1 aromatic heterocycles. The average Bonchev–Trinajstić information content (AvgIpc) is 3.14. The van der Waals surface area contributed by atoms with Gasteiger partial charge in [-0.2, -0.15) is 0 Å². The van der Waals surface area contributed by atoms with Crippen molar-refractivity contribution in [2.45, 2.75) is 26.2 Å². The molecule has 6 aromatic rings. The molecule has 2 heteroatoms. The Bertz CT molecular complexity index is 1810. The van der Waals surface area contributed by atoms with Gasteiger partial charge in [0.1, 0.15) is 6.33 Å². The van der Waals surface area contributed by atoms with Crippen molar-refractivity contribution in [3.8, 4) is 33.5 Å². The van der Waals surface area contributed by atoms with Gasteiger partial charge in [0, 0.05) is 17.2 Å². The van der Waals surface area contributed by atoms with E-state index in [1.54, 1.807) is 6.33 Å². The molecule has 0 N–H and O–H groups in total. The summed E-state index contributed by atoms with van der Waals surface area (Å²) < 4.78 is 0. The van der Waals surface area contributed by atoms with Crippen LogP contribution in [0, 0.1) is 6.92 Å². The largest absolute Gasteiger partial charge is 0.245 e. The third-order valence-electron chi connectivity index (χ3n) is 7.89. The van der Waals surface area contributed by atoms with Crippen LogP contribution in [0.5, 0.6) is 0 Å². The van der Waals surface area contributed by atoms with E-state index in [0.717, 1.165) is 5.69 Å². The van der Waals surface area contributed by atoms with Gasteiger partial charge < -0.3 is 0 Å². The Morgan fingerprint density at radius 3 is 2.14 bits per heavy atom. The minimum Gasteiger partial charge on any atom is -0.245 e. The van der Waals surface area contributed by atoms with Crippen molar-refractivity contribution < 1.29 is 0 Å². The summed E-state index contributed by atoms with van der Waals surface area (Å²) in [6, 6.07) is 33.5. The summed E-state index contributed by atoms with van der Waals surface area (Å²) in [5.74, 6) is 0. The van der Waals surface area contributed by atoms with E-state index in [4.69, 9.17) is 0 Å². The predicted molar refractivity (Wildman–Crippen MR) is 150 cm³/mol. The minimum absolute atomic E-state index is 0.00204. The molecule has 2 nitrogen and oxygen atoms in total. The van der Waals surface area contributed by atoms with E-state index in [-0.39, 0.29) is 5.41 Å². The van der Waals surface area contributed by atoms with Gasteiger partial charge in [-0.15, -0.1) is 0 Å². The van der Waals surface area contributed by atoms with Gasteiger partial charge in [0.15, 0.2) is 0 Å². The van der Waals surface area contributed by atoms with Crippen molar-refractivity contribution in [3.05, 3.63) is 120 Å². The molecule has 0 saturated carbocycles. The molecule has 0 unspecified atom stereocenters. The molecule has 0 atom stereocenters. The minimum atomic E-state index is 0.00204. The maximum Gasteiger partial charge on any atom is 0.116 e. The van der Waals surface area contributed by atoms with Gasteiger partial charge >= 0.3 is 0 Å². The first-order valence-corrected chi connectivity index (χ1v) is 12.5. The highest BCUT2D eigenvalue weighted by atomic mass is 14.8. The van der Waals surface area contributed by atoms with Crippen molar-refractivity contribution in [3.63, 3.8) is 0 Å². The number of hydrogen-bond acceptors (Lipinski definition) is 2. The Labute approximate surface area is 211 Å². The van der Waals surface area contributed by atoms with Crippen LogP contribution in [0.25, 0.3) is 55.1 Å². The number of aromatic nitrogens is 2. The van der Waals surface area contributed by atoms with E-state index < -0.39 is 0 Å². The topological polar surface area (TPSA) is 25.8 Å². The third-order valence-corrected chi connectivity index (χ3v) is 7.89. The maximum absolute atomic E-state index is 4.65. The molecule has 0 saturated heterocycles. The molecule has 7 rings (SSSR count). The van der Waals surface area contributed by atoms with Gasteiger partial charge in [0.05, 0.1) is 5.69 Å².